The van der Waals surface area contributed by atoms with Gasteiger partial charge in [-0.1, -0.05) is 163 Å². The summed E-state index contributed by atoms with van der Waals surface area (Å²) in [5.74, 6) is -0.567. The van der Waals surface area contributed by atoms with Crippen LogP contribution < -0.4 is 5.32 Å². The van der Waals surface area contributed by atoms with E-state index in [1.165, 1.54) is 122 Å². The first-order valence-corrected chi connectivity index (χ1v) is 26.1. The molecule has 356 valence electrons. The summed E-state index contributed by atoms with van der Waals surface area (Å²) in [6.45, 7) is 12.5. The number of esters is 2. The molecule has 9 heteroatoms. The van der Waals surface area contributed by atoms with Gasteiger partial charge in [0.2, 0.25) is 0 Å². The van der Waals surface area contributed by atoms with E-state index in [4.69, 9.17) is 9.47 Å². The fourth-order valence-corrected chi connectivity index (χ4v) is 8.38. The van der Waals surface area contributed by atoms with Crippen molar-refractivity contribution in [1.82, 2.24) is 15.1 Å². The van der Waals surface area contributed by atoms with Gasteiger partial charge in [-0.15, -0.1) is 0 Å². The molecule has 1 heterocycles. The minimum atomic E-state index is -0.271. The molecule has 0 fully saturated rings. The molecule has 0 aromatic rings. The number of nitrogens with one attached hydrogen (secondary N) is 1. The Morgan fingerprint density at radius 1 is 0.525 bits per heavy atom. The Morgan fingerprint density at radius 2 is 0.902 bits per heavy atom. The molecule has 0 saturated heterocycles. The van der Waals surface area contributed by atoms with Crippen LogP contribution in [0.15, 0.2) is 11.8 Å². The number of imide groups is 1. The maximum Gasteiger partial charge on any atom is 0.306 e. The van der Waals surface area contributed by atoms with E-state index in [2.05, 4.69) is 37.9 Å². The summed E-state index contributed by atoms with van der Waals surface area (Å²) in [7, 11) is 1.51. The number of hydrogen-bond acceptors (Lipinski definition) is 8. The van der Waals surface area contributed by atoms with Gasteiger partial charge in [0.05, 0.1) is 0 Å². The summed E-state index contributed by atoms with van der Waals surface area (Å²) in [4.78, 5) is 53.2. The van der Waals surface area contributed by atoms with Crippen molar-refractivity contribution in [3.63, 3.8) is 0 Å². The van der Waals surface area contributed by atoms with Crippen LogP contribution in [0.3, 0.4) is 0 Å². The second-order valence-corrected chi connectivity index (χ2v) is 18.2. The Kier molecular flexibility index (Phi) is 37.4. The average molecular weight is 860 g/mol. The molecule has 1 rings (SSSR count). The number of carbonyl (C=O) groups is 4. The molecule has 1 atom stereocenters. The molecular weight excluding hydrogens is 763 g/mol. The Labute approximate surface area is 376 Å². The van der Waals surface area contributed by atoms with E-state index in [-0.39, 0.29) is 36.0 Å². The van der Waals surface area contributed by atoms with Crippen LogP contribution in [0, 0.1) is 0 Å². The second kappa shape index (κ2) is 40.4. The van der Waals surface area contributed by atoms with Gasteiger partial charge in [-0.2, -0.15) is 0 Å². The van der Waals surface area contributed by atoms with Crippen LogP contribution in [0.1, 0.15) is 252 Å². The molecule has 9 nitrogen and oxygen atoms in total. The van der Waals surface area contributed by atoms with Crippen molar-refractivity contribution in [3.05, 3.63) is 11.8 Å². The summed E-state index contributed by atoms with van der Waals surface area (Å²) in [6.07, 6.45) is 40.9. The monoisotopic (exact) mass is 860 g/mol. The lowest BCUT2D eigenvalue weighted by atomic mass is 10.0. The topological polar surface area (TPSA) is 105 Å². The molecule has 2 amide bonds. The number of carbonyl (C=O) groups excluding carboxylic acids is 4. The van der Waals surface area contributed by atoms with Crippen LogP contribution in [0.5, 0.6) is 0 Å². The van der Waals surface area contributed by atoms with Crippen molar-refractivity contribution in [2.75, 3.05) is 33.2 Å². The number of likely N-dealkylation sites (N-methyl/N-ethyl adjacent to an activating group) is 1. The number of unbranched alkanes of at least 4 members (excludes halogenated alkanes) is 23. The van der Waals surface area contributed by atoms with Gasteiger partial charge in [-0.25, -0.2) is 0 Å². The van der Waals surface area contributed by atoms with Crippen LogP contribution in [-0.2, 0) is 28.7 Å². The van der Waals surface area contributed by atoms with Crippen LogP contribution in [0.2, 0.25) is 0 Å². The molecule has 1 unspecified atom stereocenters. The lowest BCUT2D eigenvalue weighted by molar-refractivity contribution is -0.150. The van der Waals surface area contributed by atoms with Crippen LogP contribution in [-0.4, -0.2) is 79.0 Å². The van der Waals surface area contributed by atoms with Crippen LogP contribution >= 0.6 is 0 Å². The highest BCUT2D eigenvalue weighted by Gasteiger charge is 2.27. The number of amides is 2. The highest BCUT2D eigenvalue weighted by atomic mass is 16.5. The van der Waals surface area contributed by atoms with Crippen molar-refractivity contribution >= 4 is 23.8 Å². The summed E-state index contributed by atoms with van der Waals surface area (Å²) in [5, 5.41) is 3.18. The van der Waals surface area contributed by atoms with E-state index < -0.39 is 0 Å². The highest BCUT2D eigenvalue weighted by Crippen LogP contribution is 2.19. The molecule has 0 aromatic heterocycles. The minimum absolute atomic E-state index is 0.00306. The van der Waals surface area contributed by atoms with E-state index in [9.17, 15) is 19.2 Å². The fraction of sp³-hybridized carbons (Fsp3) is 0.885. The Morgan fingerprint density at radius 3 is 1.33 bits per heavy atom. The Balaban J connectivity index is 2.40. The SMILES string of the molecule is CCCCCCCCC(CC)OC(=O)CCCCCCCN(CCCCCCCC(=O)OC(CCCCCCCC)CCCCCCCC)CCCNC1=CC(=O)N(C)C1=O. The minimum Gasteiger partial charge on any atom is -0.462 e. The summed E-state index contributed by atoms with van der Waals surface area (Å²) < 4.78 is 11.9. The number of ether oxygens (including phenoxy) is 2. The predicted molar refractivity (Wildman–Crippen MR) is 254 cm³/mol. The molecular formula is C52H97N3O6. The van der Waals surface area contributed by atoms with E-state index in [0.717, 1.165) is 127 Å². The zero-order valence-electron chi connectivity index (χ0n) is 40.7. The molecule has 61 heavy (non-hydrogen) atoms. The smallest absolute Gasteiger partial charge is 0.306 e. The van der Waals surface area contributed by atoms with Crippen molar-refractivity contribution in [2.24, 2.45) is 0 Å². The summed E-state index contributed by atoms with van der Waals surface area (Å²) >= 11 is 0. The van der Waals surface area contributed by atoms with Gasteiger partial charge in [-0.3, -0.25) is 24.1 Å². The molecule has 1 aliphatic rings. The largest absolute Gasteiger partial charge is 0.462 e. The molecule has 0 aromatic carbocycles. The number of nitrogens with zero attached hydrogens (tertiary/aromatic N) is 2. The van der Waals surface area contributed by atoms with Crippen LogP contribution in [0.4, 0.5) is 0 Å². The zero-order chi connectivity index (χ0) is 44.6. The standard InChI is InChI=1S/C52H97N3O6/c1-6-10-13-16-21-28-36-46(9-4)60-50(57)39-31-24-19-26-33-42-55(44-35-41-53-48-45-49(56)54(5)52(48)59)43-34-27-20-25-32-40-51(58)61-47(37-29-22-17-14-11-7-2)38-30-23-18-15-12-8-3/h45-47,53H,6-44H2,1-5H3. The molecule has 0 spiro atoms. The Bertz CT molecular complexity index is 1110. The third-order valence-electron chi connectivity index (χ3n) is 12.5. The summed E-state index contributed by atoms with van der Waals surface area (Å²) in [6, 6.07) is 0. The maximum atomic E-state index is 12.9. The van der Waals surface area contributed by atoms with Gasteiger partial charge in [0.15, 0.2) is 0 Å². The molecule has 1 N–H and O–H groups in total. The predicted octanol–water partition coefficient (Wildman–Crippen LogP) is 13.3. The highest BCUT2D eigenvalue weighted by molar-refractivity contribution is 6.15. The van der Waals surface area contributed by atoms with Gasteiger partial charge in [0, 0.05) is 32.5 Å². The zero-order valence-corrected chi connectivity index (χ0v) is 40.7. The van der Waals surface area contributed by atoms with Crippen LogP contribution in [0.25, 0.3) is 0 Å². The van der Waals surface area contributed by atoms with E-state index >= 15 is 0 Å². The number of rotatable bonds is 45. The first-order chi connectivity index (χ1) is 29.7. The third-order valence-corrected chi connectivity index (χ3v) is 12.5. The maximum absolute atomic E-state index is 12.9. The molecule has 0 aliphatic carbocycles. The molecule has 0 bridgehead atoms. The van der Waals surface area contributed by atoms with Gasteiger partial charge in [0.25, 0.3) is 11.8 Å². The molecule has 0 radical (unpaired) electrons. The Hall–Kier alpha value is -2.42. The van der Waals surface area contributed by atoms with Gasteiger partial charge >= 0.3 is 11.9 Å². The summed E-state index contributed by atoms with van der Waals surface area (Å²) in [5.41, 5.74) is 0.390. The average Bonchev–Trinajstić information content (AvgIpc) is 3.50. The second-order valence-electron chi connectivity index (χ2n) is 18.2. The first-order valence-electron chi connectivity index (χ1n) is 26.1. The normalized spacial score (nSPS) is 13.4. The lowest BCUT2D eigenvalue weighted by Crippen LogP contribution is -2.32. The van der Waals surface area contributed by atoms with Gasteiger partial charge < -0.3 is 19.7 Å². The number of hydrogen-bond donors (Lipinski definition) is 1. The van der Waals surface area contributed by atoms with E-state index in [0.29, 0.717) is 25.1 Å². The van der Waals surface area contributed by atoms with Crippen molar-refractivity contribution in [1.29, 1.82) is 0 Å². The third kappa shape index (κ3) is 32.0. The van der Waals surface area contributed by atoms with Gasteiger partial charge in [0.1, 0.15) is 17.9 Å². The van der Waals surface area contributed by atoms with Crippen molar-refractivity contribution in [2.45, 2.75) is 265 Å². The van der Waals surface area contributed by atoms with E-state index in [1.54, 1.807) is 0 Å². The van der Waals surface area contributed by atoms with E-state index in [1.807, 2.05) is 0 Å². The van der Waals surface area contributed by atoms with Crippen molar-refractivity contribution < 1.29 is 28.7 Å². The van der Waals surface area contributed by atoms with Gasteiger partial charge in [-0.05, 0) is 96.7 Å². The quantitative estimate of drug-likeness (QED) is 0.0367. The molecule has 1 aliphatic heterocycles. The first kappa shape index (κ1) is 56.6. The molecule has 0 saturated carbocycles. The lowest BCUT2D eigenvalue weighted by Gasteiger charge is -2.22. The fourth-order valence-electron chi connectivity index (χ4n) is 8.38. The van der Waals surface area contributed by atoms with Crippen molar-refractivity contribution in [3.8, 4) is 0 Å².